The molecule has 7 nitrogen and oxygen atoms in total. The molecular weight excluding hydrogens is 468 g/mol. The Morgan fingerprint density at radius 3 is 2.37 bits per heavy atom. The number of nitrogens with one attached hydrogen (secondary N) is 2. The number of amides is 2. The number of aryl methyl sites for hydroxylation is 1. The highest BCUT2D eigenvalue weighted by Crippen LogP contribution is 2.28. The third-order valence-electron chi connectivity index (χ3n) is 5.15. The monoisotopic (exact) mass is 494 g/mol. The van der Waals surface area contributed by atoms with Crippen molar-refractivity contribution < 1.29 is 23.9 Å². The average molecular weight is 495 g/mol. The van der Waals surface area contributed by atoms with Crippen LogP contribution in [0, 0.1) is 6.92 Å². The van der Waals surface area contributed by atoms with Gasteiger partial charge in [-0.2, -0.15) is 0 Å². The van der Waals surface area contributed by atoms with E-state index >= 15 is 0 Å². The van der Waals surface area contributed by atoms with Crippen molar-refractivity contribution >= 4 is 35.1 Å². The summed E-state index contributed by atoms with van der Waals surface area (Å²) in [6, 6.07) is 20.7. The number of methoxy groups -OCH3 is 1. The highest BCUT2D eigenvalue weighted by molar-refractivity contribution is 6.30. The lowest BCUT2D eigenvalue weighted by Gasteiger charge is -2.19. The van der Waals surface area contributed by atoms with Crippen LogP contribution in [0.25, 0.3) is 0 Å². The lowest BCUT2D eigenvalue weighted by atomic mass is 10.1. The van der Waals surface area contributed by atoms with Gasteiger partial charge in [-0.3, -0.25) is 14.4 Å². The number of carbonyl (C=O) groups excluding carboxylic acids is 3. The Kier molecular flexibility index (Phi) is 9.26. The van der Waals surface area contributed by atoms with Gasteiger partial charge in [0.1, 0.15) is 5.75 Å². The number of anilines is 1. The minimum Gasteiger partial charge on any atom is -0.495 e. The van der Waals surface area contributed by atoms with Gasteiger partial charge in [-0.25, -0.2) is 0 Å². The van der Waals surface area contributed by atoms with Crippen LogP contribution < -0.4 is 15.4 Å². The summed E-state index contributed by atoms with van der Waals surface area (Å²) in [5, 5.41) is 6.10. The van der Waals surface area contributed by atoms with E-state index in [1.54, 1.807) is 60.7 Å². The first-order chi connectivity index (χ1) is 16.9. The molecule has 3 aromatic carbocycles. The molecule has 0 radical (unpaired) electrons. The molecule has 0 bridgehead atoms. The Balaban J connectivity index is 1.59. The van der Waals surface area contributed by atoms with Gasteiger partial charge in [0.2, 0.25) is 6.10 Å². The lowest BCUT2D eigenvalue weighted by molar-refractivity contribution is -0.154. The lowest BCUT2D eigenvalue weighted by Crippen LogP contribution is -2.27. The fraction of sp³-hybridized carbons (Fsp3) is 0.222. The number of esters is 1. The van der Waals surface area contributed by atoms with E-state index in [4.69, 9.17) is 21.1 Å². The van der Waals surface area contributed by atoms with Crippen molar-refractivity contribution in [1.29, 1.82) is 0 Å². The molecule has 0 saturated heterocycles. The highest BCUT2D eigenvalue weighted by Gasteiger charge is 2.26. The summed E-state index contributed by atoms with van der Waals surface area (Å²) in [5.74, 6) is -0.808. The first-order valence-electron chi connectivity index (χ1n) is 11.1. The summed E-state index contributed by atoms with van der Waals surface area (Å²) >= 11 is 5.84. The average Bonchev–Trinajstić information content (AvgIpc) is 2.86. The standard InChI is InChI=1S/C27H27ClN2O5/c1-18-10-15-23(34-2)22(17-18)30-27(33)25(19-7-4-3-5-8-19)35-24(31)9-6-16-29-26(32)20-11-13-21(28)14-12-20/h3-5,7-8,10-15,17,25H,6,9,16H2,1-2H3,(H,29,32)(H,30,33). The van der Waals surface area contributed by atoms with Crippen molar-refractivity contribution in [2.75, 3.05) is 19.0 Å². The number of benzene rings is 3. The van der Waals surface area contributed by atoms with Crippen LogP contribution in [-0.2, 0) is 14.3 Å². The van der Waals surface area contributed by atoms with Crippen molar-refractivity contribution in [2.45, 2.75) is 25.9 Å². The molecule has 1 atom stereocenters. The Morgan fingerprint density at radius 2 is 1.69 bits per heavy atom. The maximum atomic E-state index is 13.1. The smallest absolute Gasteiger partial charge is 0.306 e. The molecule has 35 heavy (non-hydrogen) atoms. The van der Waals surface area contributed by atoms with Gasteiger partial charge in [-0.1, -0.05) is 48.0 Å². The Bertz CT molecular complexity index is 1170. The second kappa shape index (κ2) is 12.6. The topological polar surface area (TPSA) is 93.7 Å². The minimum absolute atomic E-state index is 0.0330. The van der Waals surface area contributed by atoms with Gasteiger partial charge in [0.25, 0.3) is 11.8 Å². The number of halogens is 1. The molecule has 0 aliphatic carbocycles. The molecule has 2 amide bonds. The fourth-order valence-corrected chi connectivity index (χ4v) is 3.47. The van der Waals surface area contributed by atoms with Gasteiger partial charge in [-0.15, -0.1) is 0 Å². The maximum absolute atomic E-state index is 13.1. The van der Waals surface area contributed by atoms with E-state index in [-0.39, 0.29) is 18.9 Å². The van der Waals surface area contributed by atoms with Crippen LogP contribution in [0.15, 0.2) is 72.8 Å². The van der Waals surface area contributed by atoms with Crippen LogP contribution in [-0.4, -0.2) is 31.4 Å². The van der Waals surface area contributed by atoms with Crippen LogP contribution in [0.3, 0.4) is 0 Å². The van der Waals surface area contributed by atoms with E-state index in [1.807, 2.05) is 19.1 Å². The summed E-state index contributed by atoms with van der Waals surface area (Å²) in [4.78, 5) is 37.8. The third-order valence-corrected chi connectivity index (χ3v) is 5.40. The van der Waals surface area contributed by atoms with Gasteiger partial charge in [0.05, 0.1) is 12.8 Å². The molecule has 0 aromatic heterocycles. The summed E-state index contributed by atoms with van der Waals surface area (Å²) in [5.41, 5.74) is 2.44. The zero-order valence-corrected chi connectivity index (χ0v) is 20.3. The van der Waals surface area contributed by atoms with Crippen molar-refractivity contribution in [1.82, 2.24) is 5.32 Å². The van der Waals surface area contributed by atoms with Crippen molar-refractivity contribution in [2.24, 2.45) is 0 Å². The number of hydrogen-bond acceptors (Lipinski definition) is 5. The van der Waals surface area contributed by atoms with Crippen LogP contribution >= 0.6 is 11.6 Å². The Morgan fingerprint density at radius 1 is 0.971 bits per heavy atom. The number of carbonyl (C=O) groups is 3. The molecule has 0 aliphatic heterocycles. The van der Waals surface area contributed by atoms with Crippen LogP contribution in [0.5, 0.6) is 5.75 Å². The Labute approximate surface area is 209 Å². The Hall–Kier alpha value is -3.84. The van der Waals surface area contributed by atoms with Gasteiger partial charge >= 0.3 is 5.97 Å². The summed E-state index contributed by atoms with van der Waals surface area (Å²) in [6.45, 7) is 2.18. The largest absolute Gasteiger partial charge is 0.495 e. The molecule has 0 saturated carbocycles. The predicted molar refractivity (Wildman–Crippen MR) is 135 cm³/mol. The van der Waals surface area contributed by atoms with Crippen LogP contribution in [0.4, 0.5) is 5.69 Å². The maximum Gasteiger partial charge on any atom is 0.306 e. The van der Waals surface area contributed by atoms with E-state index < -0.39 is 18.0 Å². The number of hydrogen-bond donors (Lipinski definition) is 2. The van der Waals surface area contributed by atoms with E-state index in [0.717, 1.165) is 5.56 Å². The number of rotatable bonds is 10. The van der Waals surface area contributed by atoms with E-state index in [0.29, 0.717) is 34.0 Å². The summed E-state index contributed by atoms with van der Waals surface area (Å²) < 4.78 is 10.9. The first kappa shape index (κ1) is 25.8. The second-order valence-electron chi connectivity index (χ2n) is 7.84. The molecule has 0 heterocycles. The molecular formula is C27H27ClN2O5. The molecule has 0 aliphatic rings. The zero-order chi connectivity index (χ0) is 25.2. The molecule has 3 aromatic rings. The van der Waals surface area contributed by atoms with E-state index in [1.165, 1.54) is 7.11 Å². The molecule has 1 unspecified atom stereocenters. The van der Waals surface area contributed by atoms with Gasteiger partial charge in [0, 0.05) is 29.1 Å². The van der Waals surface area contributed by atoms with Crippen molar-refractivity contribution in [3.05, 3.63) is 94.5 Å². The van der Waals surface area contributed by atoms with Gasteiger partial charge in [0.15, 0.2) is 0 Å². The molecule has 0 fully saturated rings. The fourth-order valence-electron chi connectivity index (χ4n) is 3.35. The molecule has 3 rings (SSSR count). The van der Waals surface area contributed by atoms with Crippen molar-refractivity contribution in [3.63, 3.8) is 0 Å². The highest BCUT2D eigenvalue weighted by atomic mass is 35.5. The van der Waals surface area contributed by atoms with Crippen LogP contribution in [0.2, 0.25) is 5.02 Å². The zero-order valence-electron chi connectivity index (χ0n) is 19.5. The SMILES string of the molecule is COc1ccc(C)cc1NC(=O)C(OC(=O)CCCNC(=O)c1ccc(Cl)cc1)c1ccccc1. The number of ether oxygens (including phenoxy) is 2. The van der Waals surface area contributed by atoms with Crippen molar-refractivity contribution in [3.8, 4) is 5.75 Å². The predicted octanol–water partition coefficient (Wildman–Crippen LogP) is 5.09. The van der Waals surface area contributed by atoms with Gasteiger partial charge in [-0.05, 0) is 55.3 Å². The molecule has 182 valence electrons. The molecule has 8 heteroatoms. The van der Waals surface area contributed by atoms with E-state index in [2.05, 4.69) is 10.6 Å². The molecule has 2 N–H and O–H groups in total. The summed E-state index contributed by atoms with van der Waals surface area (Å²) in [7, 11) is 1.51. The summed E-state index contributed by atoms with van der Waals surface area (Å²) in [6.07, 6.45) is -0.754. The van der Waals surface area contributed by atoms with E-state index in [9.17, 15) is 14.4 Å². The molecule has 0 spiro atoms. The minimum atomic E-state index is -1.14. The quantitative estimate of drug-likeness (QED) is 0.302. The third kappa shape index (κ3) is 7.58. The van der Waals surface area contributed by atoms with Crippen LogP contribution in [0.1, 0.15) is 40.4 Å². The van der Waals surface area contributed by atoms with Gasteiger partial charge < -0.3 is 20.1 Å². The normalized spacial score (nSPS) is 11.3. The second-order valence-corrected chi connectivity index (χ2v) is 8.28. The first-order valence-corrected chi connectivity index (χ1v) is 11.5.